The monoisotopic (exact) mass is 502 g/mol. The van der Waals surface area contributed by atoms with Gasteiger partial charge in [-0.05, 0) is 44.9 Å². The number of rotatable bonds is 5. The first-order valence-corrected chi connectivity index (χ1v) is 13.9. The van der Waals surface area contributed by atoms with Crippen molar-refractivity contribution in [3.05, 3.63) is 36.2 Å². The zero-order valence-electron chi connectivity index (χ0n) is 22.0. The van der Waals surface area contributed by atoms with Gasteiger partial charge in [0, 0.05) is 44.0 Å². The largest absolute Gasteiger partial charge is 0.367 e. The molecule has 1 amide bonds. The molecular weight excluding hydrogens is 464 g/mol. The Hall–Kier alpha value is -3.20. The number of piperazine rings is 2. The third kappa shape index (κ3) is 4.54. The minimum atomic E-state index is -0.320. The second-order valence-electron chi connectivity index (χ2n) is 11.0. The highest BCUT2D eigenvalue weighted by Crippen LogP contribution is 2.42. The summed E-state index contributed by atoms with van der Waals surface area (Å²) < 4.78 is 0. The number of hydrogen-bond donors (Lipinski definition) is 2. The van der Waals surface area contributed by atoms with Gasteiger partial charge < -0.3 is 20.4 Å². The van der Waals surface area contributed by atoms with Crippen molar-refractivity contribution in [3.8, 4) is 0 Å². The number of nitrogens with one attached hydrogen (secondary N) is 2. The van der Waals surface area contributed by atoms with E-state index in [4.69, 9.17) is 4.98 Å². The van der Waals surface area contributed by atoms with E-state index in [2.05, 4.69) is 55.2 Å². The van der Waals surface area contributed by atoms with Gasteiger partial charge in [-0.2, -0.15) is 4.98 Å². The topological polar surface area (TPSA) is 89.5 Å². The van der Waals surface area contributed by atoms with Gasteiger partial charge in [-0.1, -0.05) is 38.3 Å². The van der Waals surface area contributed by atoms with E-state index in [-0.39, 0.29) is 17.5 Å². The minimum Gasteiger partial charge on any atom is -0.367 e. The SMILES string of the molecule is CCCN1CCN(c2ccc(Nc3ncc4c(n3)N3C(C=C4)C(=O)NCC34CCCCC4)nc2)CC1C. The molecule has 2 aromatic heterocycles. The molecule has 0 bridgehead atoms. The Balaban J connectivity index is 1.20. The van der Waals surface area contributed by atoms with Crippen LogP contribution in [0.3, 0.4) is 0 Å². The number of carbonyl (C=O) groups is 1. The maximum atomic E-state index is 12.8. The Kier molecular flexibility index (Phi) is 6.48. The summed E-state index contributed by atoms with van der Waals surface area (Å²) in [7, 11) is 0. The standard InChI is InChI=1S/C28H38N8O/c1-3-13-34-14-15-35(18-20(34)2)22-8-10-24(29-17-22)32-27-30-16-21-7-9-23-26(37)31-19-28(11-5-4-6-12-28)36(23)25(21)33-27/h7-10,16-17,20,23H,3-6,11-15,18-19H2,1-2H3,(H,31,37)(H,29,30,32,33). The zero-order chi connectivity index (χ0) is 25.4. The predicted molar refractivity (Wildman–Crippen MR) is 147 cm³/mol. The number of carbonyl (C=O) groups excluding carboxylic acids is 1. The molecule has 9 nitrogen and oxygen atoms in total. The smallest absolute Gasteiger partial charge is 0.246 e. The average Bonchev–Trinajstić information content (AvgIpc) is 2.93. The van der Waals surface area contributed by atoms with Crippen molar-refractivity contribution in [2.45, 2.75) is 70.0 Å². The molecule has 0 radical (unpaired) electrons. The number of aromatic nitrogens is 3. The fourth-order valence-electron chi connectivity index (χ4n) is 6.57. The second kappa shape index (κ2) is 9.93. The van der Waals surface area contributed by atoms with Crippen LogP contribution in [0.25, 0.3) is 6.08 Å². The molecule has 1 aliphatic carbocycles. The van der Waals surface area contributed by atoms with E-state index in [0.717, 1.165) is 56.1 Å². The molecule has 3 aliphatic heterocycles. The Morgan fingerprint density at radius 2 is 2.00 bits per heavy atom. The van der Waals surface area contributed by atoms with Crippen molar-refractivity contribution < 1.29 is 4.79 Å². The molecule has 2 unspecified atom stereocenters. The predicted octanol–water partition coefficient (Wildman–Crippen LogP) is 3.57. The Morgan fingerprint density at radius 3 is 2.76 bits per heavy atom. The van der Waals surface area contributed by atoms with Crippen molar-refractivity contribution in [3.63, 3.8) is 0 Å². The number of hydrogen-bond acceptors (Lipinski definition) is 8. The van der Waals surface area contributed by atoms with Crippen LogP contribution in [0.5, 0.6) is 0 Å². The van der Waals surface area contributed by atoms with Gasteiger partial charge in [-0.3, -0.25) is 9.69 Å². The molecule has 3 fully saturated rings. The number of amides is 1. The van der Waals surface area contributed by atoms with Crippen LogP contribution >= 0.6 is 0 Å². The van der Waals surface area contributed by atoms with Gasteiger partial charge in [0.2, 0.25) is 11.9 Å². The molecule has 1 saturated carbocycles. The van der Waals surface area contributed by atoms with E-state index in [1.165, 1.54) is 25.7 Å². The highest BCUT2D eigenvalue weighted by Gasteiger charge is 2.49. The first-order chi connectivity index (χ1) is 18.1. The maximum absolute atomic E-state index is 12.8. The highest BCUT2D eigenvalue weighted by atomic mass is 16.2. The summed E-state index contributed by atoms with van der Waals surface area (Å²) in [6.45, 7) is 9.51. The third-order valence-corrected chi connectivity index (χ3v) is 8.54. The lowest BCUT2D eigenvalue weighted by molar-refractivity contribution is -0.123. The molecule has 4 aliphatic rings. The van der Waals surface area contributed by atoms with Crippen LogP contribution in [0.15, 0.2) is 30.6 Å². The van der Waals surface area contributed by atoms with Crippen LogP contribution in [-0.4, -0.2) is 76.1 Å². The lowest BCUT2D eigenvalue weighted by Gasteiger charge is -2.54. The molecule has 1 spiro atoms. The molecule has 37 heavy (non-hydrogen) atoms. The molecule has 6 rings (SSSR count). The number of nitrogens with zero attached hydrogens (tertiary/aromatic N) is 6. The van der Waals surface area contributed by atoms with Crippen LogP contribution in [0.1, 0.15) is 57.9 Å². The van der Waals surface area contributed by atoms with E-state index in [0.29, 0.717) is 24.4 Å². The summed E-state index contributed by atoms with van der Waals surface area (Å²) in [6.07, 6.45) is 14.7. The van der Waals surface area contributed by atoms with Gasteiger partial charge >= 0.3 is 0 Å². The Bertz CT molecular complexity index is 1160. The molecule has 2 aromatic rings. The molecule has 196 valence electrons. The zero-order valence-corrected chi connectivity index (χ0v) is 22.0. The lowest BCUT2D eigenvalue weighted by atomic mass is 9.77. The van der Waals surface area contributed by atoms with Gasteiger partial charge in [-0.15, -0.1) is 0 Å². The number of anilines is 4. The van der Waals surface area contributed by atoms with Gasteiger partial charge in [-0.25, -0.2) is 9.97 Å². The molecule has 2 saturated heterocycles. The first kappa shape index (κ1) is 24.2. The van der Waals surface area contributed by atoms with Gasteiger partial charge in [0.1, 0.15) is 17.7 Å². The highest BCUT2D eigenvalue weighted by molar-refractivity contribution is 5.93. The van der Waals surface area contributed by atoms with E-state index >= 15 is 0 Å². The van der Waals surface area contributed by atoms with Gasteiger partial charge in [0.25, 0.3) is 0 Å². The fraction of sp³-hybridized carbons (Fsp3) is 0.571. The van der Waals surface area contributed by atoms with Crippen molar-refractivity contribution >= 4 is 35.3 Å². The summed E-state index contributed by atoms with van der Waals surface area (Å²) in [5.41, 5.74) is 2.02. The van der Waals surface area contributed by atoms with E-state index in [1.54, 1.807) is 0 Å². The summed E-state index contributed by atoms with van der Waals surface area (Å²) in [5, 5.41) is 6.47. The number of pyridine rings is 1. The summed E-state index contributed by atoms with van der Waals surface area (Å²) in [5.74, 6) is 2.12. The van der Waals surface area contributed by atoms with Crippen LogP contribution < -0.4 is 20.4 Å². The van der Waals surface area contributed by atoms with Gasteiger partial charge in [0.15, 0.2) is 0 Å². The van der Waals surface area contributed by atoms with Crippen molar-refractivity contribution in [1.29, 1.82) is 0 Å². The third-order valence-electron chi connectivity index (χ3n) is 8.54. The van der Waals surface area contributed by atoms with Crippen molar-refractivity contribution in [2.75, 3.05) is 47.8 Å². The molecule has 2 atom stereocenters. The summed E-state index contributed by atoms with van der Waals surface area (Å²) in [4.78, 5) is 34.2. The molecular formula is C28H38N8O. The van der Waals surface area contributed by atoms with Crippen molar-refractivity contribution in [2.24, 2.45) is 0 Å². The van der Waals surface area contributed by atoms with Crippen LogP contribution in [-0.2, 0) is 4.79 Å². The normalized spacial score (nSPS) is 25.0. The van der Waals surface area contributed by atoms with Crippen LogP contribution in [0, 0.1) is 0 Å². The molecule has 0 aromatic carbocycles. The second-order valence-corrected chi connectivity index (χ2v) is 11.0. The minimum absolute atomic E-state index is 0.0494. The molecule has 2 N–H and O–H groups in total. The van der Waals surface area contributed by atoms with Crippen molar-refractivity contribution in [1.82, 2.24) is 25.2 Å². The van der Waals surface area contributed by atoms with Gasteiger partial charge in [0.05, 0.1) is 17.4 Å². The quantitative estimate of drug-likeness (QED) is 0.642. The Morgan fingerprint density at radius 1 is 1.14 bits per heavy atom. The molecule has 9 heteroatoms. The van der Waals surface area contributed by atoms with E-state index in [1.807, 2.05) is 30.6 Å². The summed E-state index contributed by atoms with van der Waals surface area (Å²) >= 11 is 0. The summed E-state index contributed by atoms with van der Waals surface area (Å²) in [6, 6.07) is 4.35. The van der Waals surface area contributed by atoms with Crippen LogP contribution in [0.2, 0.25) is 0 Å². The number of fused-ring (bicyclic) bond motifs is 4. The molecule has 5 heterocycles. The van der Waals surface area contributed by atoms with E-state index < -0.39 is 0 Å². The average molecular weight is 503 g/mol. The lowest BCUT2D eigenvalue weighted by Crippen LogP contribution is -2.69. The van der Waals surface area contributed by atoms with E-state index in [9.17, 15) is 4.79 Å². The maximum Gasteiger partial charge on any atom is 0.246 e. The van der Waals surface area contributed by atoms with Crippen LogP contribution in [0.4, 0.5) is 23.3 Å². The first-order valence-electron chi connectivity index (χ1n) is 13.9. The Labute approximate surface area is 219 Å². The fourth-order valence-corrected chi connectivity index (χ4v) is 6.57.